The van der Waals surface area contributed by atoms with E-state index in [1.165, 1.54) is 24.0 Å². The predicted molar refractivity (Wildman–Crippen MR) is 142 cm³/mol. The van der Waals surface area contributed by atoms with Gasteiger partial charge >= 0.3 is 12.3 Å². The summed E-state index contributed by atoms with van der Waals surface area (Å²) in [5, 5.41) is 7.27. The van der Waals surface area contributed by atoms with Gasteiger partial charge in [0, 0.05) is 23.9 Å². The Bertz CT molecular complexity index is 1510. The summed E-state index contributed by atoms with van der Waals surface area (Å²) in [6.45, 7) is 6.07. The number of fused-ring (bicyclic) bond motifs is 1. The Morgan fingerprint density at radius 2 is 1.80 bits per heavy atom. The van der Waals surface area contributed by atoms with Gasteiger partial charge in [0.25, 0.3) is 0 Å². The number of benzene rings is 1. The van der Waals surface area contributed by atoms with Crippen molar-refractivity contribution in [1.82, 2.24) is 24.9 Å². The SMILES string of the molecule is COc1cc(-c2ccc3ncc(-c4cnc(N)c(C(F)(F)F)c4)n3n2)ccc1OCCCNC(=O)OC(C)(C)C. The van der Waals surface area contributed by atoms with Crippen LogP contribution in [0.15, 0.2) is 48.8 Å². The van der Waals surface area contributed by atoms with Crippen molar-refractivity contribution in [2.75, 3.05) is 26.0 Å². The number of alkyl halides is 3. The van der Waals surface area contributed by atoms with Crippen LogP contribution in [0.25, 0.3) is 28.2 Å². The predicted octanol–water partition coefficient (Wildman–Crippen LogP) is 5.36. The summed E-state index contributed by atoms with van der Waals surface area (Å²) in [4.78, 5) is 19.7. The standard InChI is InChI=1S/C27H29F3N6O4/c1-26(2,3)40-25(37)32-10-5-11-39-21-8-6-16(13-22(21)38-4)19-7-9-23-33-15-20(36(23)35-19)17-12-18(27(28,29)30)24(31)34-14-17/h6-9,12-15H,5,10-11H2,1-4H3,(H2,31,34)(H,32,37). The van der Waals surface area contributed by atoms with Gasteiger partial charge in [-0.3, -0.25) is 0 Å². The molecule has 0 bridgehead atoms. The van der Waals surface area contributed by atoms with Crippen molar-refractivity contribution in [3.05, 3.63) is 54.4 Å². The first-order valence-electron chi connectivity index (χ1n) is 12.3. The first-order valence-corrected chi connectivity index (χ1v) is 12.3. The van der Waals surface area contributed by atoms with E-state index in [0.717, 1.165) is 6.07 Å². The summed E-state index contributed by atoms with van der Waals surface area (Å²) >= 11 is 0. The Balaban J connectivity index is 1.50. The lowest BCUT2D eigenvalue weighted by atomic mass is 10.1. The summed E-state index contributed by atoms with van der Waals surface area (Å²) < 4.78 is 58.1. The van der Waals surface area contributed by atoms with Gasteiger partial charge in [0.2, 0.25) is 0 Å². The molecule has 0 aliphatic rings. The van der Waals surface area contributed by atoms with Gasteiger partial charge in [0.1, 0.15) is 11.4 Å². The van der Waals surface area contributed by atoms with E-state index in [9.17, 15) is 18.0 Å². The fourth-order valence-electron chi connectivity index (χ4n) is 3.77. The summed E-state index contributed by atoms with van der Waals surface area (Å²) in [5.41, 5.74) is 5.98. The highest BCUT2D eigenvalue weighted by Gasteiger charge is 2.34. The molecule has 40 heavy (non-hydrogen) atoms. The monoisotopic (exact) mass is 558 g/mol. The average Bonchev–Trinajstić information content (AvgIpc) is 3.30. The van der Waals surface area contributed by atoms with Gasteiger partial charge in [-0.25, -0.2) is 19.3 Å². The molecule has 0 atom stereocenters. The number of nitrogens with zero attached hydrogens (tertiary/aromatic N) is 4. The van der Waals surface area contributed by atoms with E-state index >= 15 is 0 Å². The second-order valence-electron chi connectivity index (χ2n) is 9.78. The third-order valence-electron chi connectivity index (χ3n) is 5.59. The van der Waals surface area contributed by atoms with E-state index in [2.05, 4.69) is 20.4 Å². The molecular formula is C27H29F3N6O4. The zero-order valence-corrected chi connectivity index (χ0v) is 22.4. The first kappa shape index (κ1) is 28.5. The van der Waals surface area contributed by atoms with Gasteiger partial charge in [-0.05, 0) is 63.6 Å². The zero-order chi connectivity index (χ0) is 29.1. The van der Waals surface area contributed by atoms with Gasteiger partial charge in [-0.2, -0.15) is 18.3 Å². The maximum absolute atomic E-state index is 13.4. The van der Waals surface area contributed by atoms with Crippen molar-refractivity contribution in [2.24, 2.45) is 0 Å². The number of alkyl carbamates (subject to hydrolysis) is 1. The van der Waals surface area contributed by atoms with Crippen molar-refractivity contribution in [2.45, 2.75) is 39.0 Å². The molecule has 212 valence electrons. The Hall–Kier alpha value is -4.55. The molecule has 0 fully saturated rings. The molecule has 0 aliphatic heterocycles. The minimum atomic E-state index is -4.65. The molecule has 0 saturated heterocycles. The molecule has 0 saturated carbocycles. The fourth-order valence-corrected chi connectivity index (χ4v) is 3.77. The summed E-state index contributed by atoms with van der Waals surface area (Å²) in [7, 11) is 1.51. The molecule has 1 aromatic carbocycles. The van der Waals surface area contributed by atoms with Crippen LogP contribution in [-0.2, 0) is 10.9 Å². The topological polar surface area (TPSA) is 126 Å². The number of carbonyl (C=O) groups is 1. The molecule has 3 N–H and O–H groups in total. The van der Waals surface area contributed by atoms with Crippen LogP contribution < -0.4 is 20.5 Å². The van der Waals surface area contributed by atoms with Crippen molar-refractivity contribution in [3.8, 4) is 34.0 Å². The Kier molecular flexibility index (Phi) is 8.03. The highest BCUT2D eigenvalue weighted by molar-refractivity contribution is 5.69. The molecular weight excluding hydrogens is 529 g/mol. The van der Waals surface area contributed by atoms with E-state index in [1.54, 1.807) is 51.1 Å². The number of anilines is 1. The third-order valence-corrected chi connectivity index (χ3v) is 5.59. The lowest BCUT2D eigenvalue weighted by molar-refractivity contribution is -0.137. The number of nitrogens with one attached hydrogen (secondary N) is 1. The van der Waals surface area contributed by atoms with Crippen molar-refractivity contribution in [3.63, 3.8) is 0 Å². The number of methoxy groups -OCH3 is 1. The van der Waals surface area contributed by atoms with Crippen LogP contribution in [0.3, 0.4) is 0 Å². The maximum Gasteiger partial charge on any atom is 0.419 e. The molecule has 0 unspecified atom stereocenters. The molecule has 0 aliphatic carbocycles. The van der Waals surface area contributed by atoms with Crippen LogP contribution in [0.1, 0.15) is 32.8 Å². The van der Waals surface area contributed by atoms with Crippen LogP contribution in [-0.4, -0.2) is 51.5 Å². The lowest BCUT2D eigenvalue weighted by Gasteiger charge is -2.19. The van der Waals surface area contributed by atoms with Crippen LogP contribution >= 0.6 is 0 Å². The minimum Gasteiger partial charge on any atom is -0.493 e. The number of nitrogens with two attached hydrogens (primary N) is 1. The zero-order valence-electron chi connectivity index (χ0n) is 22.4. The Labute approximate surface area is 228 Å². The molecule has 1 amide bonds. The van der Waals surface area contributed by atoms with Crippen molar-refractivity contribution < 1.29 is 32.2 Å². The lowest BCUT2D eigenvalue weighted by Crippen LogP contribution is -2.33. The molecule has 4 rings (SSSR count). The van der Waals surface area contributed by atoms with E-state index in [1.807, 2.05) is 0 Å². The number of ether oxygens (including phenoxy) is 3. The van der Waals surface area contributed by atoms with E-state index < -0.39 is 29.3 Å². The number of pyridine rings is 1. The Morgan fingerprint density at radius 1 is 1.02 bits per heavy atom. The Morgan fingerprint density at radius 3 is 2.50 bits per heavy atom. The number of amides is 1. The molecule has 4 aromatic rings. The number of nitrogen functional groups attached to an aromatic ring is 1. The highest BCUT2D eigenvalue weighted by atomic mass is 19.4. The van der Waals surface area contributed by atoms with E-state index in [0.29, 0.717) is 53.7 Å². The highest BCUT2D eigenvalue weighted by Crippen LogP contribution is 2.36. The number of carbonyl (C=O) groups excluding carboxylic acids is 1. The number of hydrogen-bond donors (Lipinski definition) is 2. The molecule has 3 aromatic heterocycles. The first-order chi connectivity index (χ1) is 18.9. The number of halogens is 3. The van der Waals surface area contributed by atoms with Crippen LogP contribution in [0.5, 0.6) is 11.5 Å². The van der Waals surface area contributed by atoms with Gasteiger partial charge in [0.05, 0.1) is 36.9 Å². The number of aromatic nitrogens is 4. The normalized spacial score (nSPS) is 11.9. The molecule has 0 spiro atoms. The van der Waals surface area contributed by atoms with E-state index in [-0.39, 0.29) is 5.56 Å². The molecule has 13 heteroatoms. The van der Waals surface area contributed by atoms with Crippen LogP contribution in [0, 0.1) is 0 Å². The van der Waals surface area contributed by atoms with Gasteiger partial charge < -0.3 is 25.3 Å². The number of rotatable bonds is 8. The summed E-state index contributed by atoms with van der Waals surface area (Å²) in [5.74, 6) is 0.357. The van der Waals surface area contributed by atoms with Crippen LogP contribution in [0.2, 0.25) is 0 Å². The minimum absolute atomic E-state index is 0.168. The second kappa shape index (κ2) is 11.3. The van der Waals surface area contributed by atoms with Gasteiger partial charge in [-0.15, -0.1) is 0 Å². The van der Waals surface area contributed by atoms with E-state index in [4.69, 9.17) is 19.9 Å². The maximum atomic E-state index is 13.4. The molecule has 3 heterocycles. The second-order valence-corrected chi connectivity index (χ2v) is 9.78. The fraction of sp³-hybridized carbons (Fsp3) is 0.333. The van der Waals surface area contributed by atoms with Crippen molar-refractivity contribution >= 4 is 17.6 Å². The van der Waals surface area contributed by atoms with Crippen LogP contribution in [0.4, 0.5) is 23.8 Å². The third kappa shape index (κ3) is 6.71. The smallest absolute Gasteiger partial charge is 0.419 e. The van der Waals surface area contributed by atoms with Gasteiger partial charge in [-0.1, -0.05) is 0 Å². The molecule has 10 nitrogen and oxygen atoms in total. The van der Waals surface area contributed by atoms with Gasteiger partial charge in [0.15, 0.2) is 17.1 Å². The summed E-state index contributed by atoms with van der Waals surface area (Å²) in [6.07, 6.45) is -1.92. The number of hydrogen-bond acceptors (Lipinski definition) is 8. The average molecular weight is 559 g/mol. The largest absolute Gasteiger partial charge is 0.493 e. The number of imidazole rings is 1. The van der Waals surface area contributed by atoms with Crippen molar-refractivity contribution in [1.29, 1.82) is 0 Å². The summed E-state index contributed by atoms with van der Waals surface area (Å²) in [6, 6.07) is 9.63. The quantitative estimate of drug-likeness (QED) is 0.277. The molecule has 0 radical (unpaired) electrons.